The number of esters is 1. The molecule has 1 aliphatic rings. The third kappa shape index (κ3) is 2.89. The van der Waals surface area contributed by atoms with Crippen LogP contribution < -0.4 is 14.2 Å². The zero-order valence-electron chi connectivity index (χ0n) is 11.4. The fourth-order valence-corrected chi connectivity index (χ4v) is 1.87. The van der Waals surface area contributed by atoms with E-state index in [0.717, 1.165) is 0 Å². The molecule has 1 aliphatic heterocycles. The Balaban J connectivity index is 1.63. The quantitative estimate of drug-likeness (QED) is 0.803. The van der Waals surface area contributed by atoms with Gasteiger partial charge < -0.3 is 18.9 Å². The van der Waals surface area contributed by atoms with Crippen molar-refractivity contribution in [3.8, 4) is 17.2 Å². The maximum Gasteiger partial charge on any atom is 0.339 e. The zero-order chi connectivity index (χ0) is 14.7. The van der Waals surface area contributed by atoms with Gasteiger partial charge >= 0.3 is 5.97 Å². The summed E-state index contributed by atoms with van der Waals surface area (Å²) in [6, 6.07) is 8.74. The van der Waals surface area contributed by atoms with Crippen LogP contribution in [0.2, 0.25) is 0 Å². The predicted octanol–water partition coefficient (Wildman–Crippen LogP) is 2.18. The van der Waals surface area contributed by atoms with Crippen LogP contribution in [0.1, 0.15) is 16.1 Å². The number of methoxy groups -OCH3 is 1. The molecule has 0 radical (unpaired) electrons. The summed E-state index contributed by atoms with van der Waals surface area (Å²) in [7, 11) is 1.33. The number of rotatable bonds is 4. The number of nitrogens with zero attached hydrogens (tertiary/aromatic N) is 1. The number of hydrogen-bond donors (Lipinski definition) is 0. The Morgan fingerprint density at radius 2 is 2.10 bits per heavy atom. The van der Waals surface area contributed by atoms with E-state index < -0.39 is 5.97 Å². The standard InChI is InChI=1S/C15H13NO5/c1-18-15(17)10-2-3-11(16-7-10)8-19-12-4-5-13-14(6-12)21-9-20-13/h2-7H,8-9H2,1H3. The largest absolute Gasteiger partial charge is 0.487 e. The van der Waals surface area contributed by atoms with Gasteiger partial charge in [-0.2, -0.15) is 0 Å². The Bertz CT molecular complexity index is 654. The van der Waals surface area contributed by atoms with Gasteiger partial charge in [-0.1, -0.05) is 0 Å². The second-order valence-electron chi connectivity index (χ2n) is 4.33. The molecule has 0 saturated heterocycles. The molecule has 1 aromatic carbocycles. The first-order chi connectivity index (χ1) is 10.3. The van der Waals surface area contributed by atoms with E-state index in [2.05, 4.69) is 9.72 Å². The van der Waals surface area contributed by atoms with Gasteiger partial charge in [0.15, 0.2) is 11.5 Å². The number of pyridine rings is 1. The minimum absolute atomic E-state index is 0.231. The van der Waals surface area contributed by atoms with E-state index in [1.807, 2.05) is 0 Å². The molecule has 2 heterocycles. The Morgan fingerprint density at radius 3 is 2.86 bits per heavy atom. The highest BCUT2D eigenvalue weighted by atomic mass is 16.7. The second-order valence-corrected chi connectivity index (χ2v) is 4.33. The van der Waals surface area contributed by atoms with Gasteiger partial charge in [-0.15, -0.1) is 0 Å². The molecular weight excluding hydrogens is 274 g/mol. The smallest absolute Gasteiger partial charge is 0.339 e. The lowest BCUT2D eigenvalue weighted by Crippen LogP contribution is -2.04. The summed E-state index contributed by atoms with van der Waals surface area (Å²) in [5.74, 6) is 1.63. The van der Waals surface area contributed by atoms with Crippen LogP contribution in [0.5, 0.6) is 17.2 Å². The van der Waals surface area contributed by atoms with Crippen LogP contribution in [0, 0.1) is 0 Å². The van der Waals surface area contributed by atoms with Crippen molar-refractivity contribution >= 4 is 5.97 Å². The average Bonchev–Trinajstić information content (AvgIpc) is 3.00. The highest BCUT2D eigenvalue weighted by Gasteiger charge is 2.13. The molecule has 6 nitrogen and oxygen atoms in total. The monoisotopic (exact) mass is 287 g/mol. The summed E-state index contributed by atoms with van der Waals surface area (Å²) in [5.41, 5.74) is 1.12. The minimum atomic E-state index is -0.411. The van der Waals surface area contributed by atoms with Crippen LogP contribution in [0.4, 0.5) is 0 Å². The van der Waals surface area contributed by atoms with E-state index in [9.17, 15) is 4.79 Å². The van der Waals surface area contributed by atoms with Gasteiger partial charge in [0.1, 0.15) is 12.4 Å². The highest BCUT2D eigenvalue weighted by molar-refractivity contribution is 5.88. The molecule has 21 heavy (non-hydrogen) atoms. The molecule has 6 heteroatoms. The molecule has 0 aliphatic carbocycles. The summed E-state index contributed by atoms with van der Waals surface area (Å²) < 4.78 is 20.7. The number of carbonyl (C=O) groups excluding carboxylic acids is 1. The van der Waals surface area contributed by atoms with Gasteiger partial charge in [0.2, 0.25) is 6.79 Å². The summed E-state index contributed by atoms with van der Waals surface area (Å²) in [4.78, 5) is 15.4. The molecule has 0 fully saturated rings. The van der Waals surface area contributed by atoms with Gasteiger partial charge in [0.05, 0.1) is 18.4 Å². The van der Waals surface area contributed by atoms with E-state index in [-0.39, 0.29) is 6.79 Å². The molecule has 1 aromatic heterocycles. The van der Waals surface area contributed by atoms with Crippen LogP contribution in [0.15, 0.2) is 36.5 Å². The van der Waals surface area contributed by atoms with Crippen molar-refractivity contribution in [2.45, 2.75) is 6.61 Å². The van der Waals surface area contributed by atoms with Crippen molar-refractivity contribution in [1.29, 1.82) is 0 Å². The number of aromatic nitrogens is 1. The number of benzene rings is 1. The Hall–Kier alpha value is -2.76. The van der Waals surface area contributed by atoms with E-state index in [0.29, 0.717) is 35.1 Å². The van der Waals surface area contributed by atoms with E-state index in [1.54, 1.807) is 30.3 Å². The van der Waals surface area contributed by atoms with Crippen molar-refractivity contribution < 1.29 is 23.7 Å². The fourth-order valence-electron chi connectivity index (χ4n) is 1.87. The molecule has 0 amide bonds. The van der Waals surface area contributed by atoms with Crippen molar-refractivity contribution in [2.75, 3.05) is 13.9 Å². The molecule has 0 N–H and O–H groups in total. The molecule has 0 saturated carbocycles. The number of ether oxygens (including phenoxy) is 4. The molecule has 0 spiro atoms. The highest BCUT2D eigenvalue weighted by Crippen LogP contribution is 2.35. The summed E-state index contributed by atoms with van der Waals surface area (Å²) in [6.45, 7) is 0.524. The van der Waals surface area contributed by atoms with Crippen LogP contribution in [0.3, 0.4) is 0 Å². The number of carbonyl (C=O) groups is 1. The van der Waals surface area contributed by atoms with Crippen LogP contribution in [-0.2, 0) is 11.3 Å². The van der Waals surface area contributed by atoms with Crippen molar-refractivity contribution in [3.05, 3.63) is 47.8 Å². The van der Waals surface area contributed by atoms with E-state index in [4.69, 9.17) is 14.2 Å². The van der Waals surface area contributed by atoms with E-state index >= 15 is 0 Å². The minimum Gasteiger partial charge on any atom is -0.487 e. The fraction of sp³-hybridized carbons (Fsp3) is 0.200. The molecule has 0 bridgehead atoms. The first-order valence-electron chi connectivity index (χ1n) is 6.32. The van der Waals surface area contributed by atoms with Crippen LogP contribution in [0.25, 0.3) is 0 Å². The van der Waals surface area contributed by atoms with Crippen molar-refractivity contribution in [3.63, 3.8) is 0 Å². The topological polar surface area (TPSA) is 66.9 Å². The van der Waals surface area contributed by atoms with Gasteiger partial charge in [-0.25, -0.2) is 4.79 Å². The first-order valence-corrected chi connectivity index (χ1v) is 6.32. The molecule has 108 valence electrons. The SMILES string of the molecule is COC(=O)c1ccc(COc2ccc3c(c2)OCO3)nc1. The zero-order valence-corrected chi connectivity index (χ0v) is 11.4. The number of hydrogen-bond acceptors (Lipinski definition) is 6. The van der Waals surface area contributed by atoms with Gasteiger partial charge in [0, 0.05) is 12.3 Å². The maximum atomic E-state index is 11.3. The van der Waals surface area contributed by atoms with Gasteiger partial charge in [-0.05, 0) is 24.3 Å². The molecule has 0 atom stereocenters. The number of fused-ring (bicyclic) bond motifs is 1. The molecule has 3 rings (SSSR count). The second kappa shape index (κ2) is 5.70. The predicted molar refractivity (Wildman–Crippen MR) is 72.5 cm³/mol. The third-order valence-corrected chi connectivity index (χ3v) is 2.98. The first kappa shape index (κ1) is 13.2. The summed E-state index contributed by atoms with van der Waals surface area (Å²) >= 11 is 0. The van der Waals surface area contributed by atoms with Crippen molar-refractivity contribution in [2.24, 2.45) is 0 Å². The summed E-state index contributed by atoms with van der Waals surface area (Å²) in [5, 5.41) is 0. The lowest BCUT2D eigenvalue weighted by atomic mass is 10.2. The average molecular weight is 287 g/mol. The van der Waals surface area contributed by atoms with Crippen LogP contribution >= 0.6 is 0 Å². The van der Waals surface area contributed by atoms with Crippen molar-refractivity contribution in [1.82, 2.24) is 4.98 Å². The molecular formula is C15H13NO5. The Morgan fingerprint density at radius 1 is 1.24 bits per heavy atom. The van der Waals surface area contributed by atoms with Gasteiger partial charge in [-0.3, -0.25) is 4.98 Å². The van der Waals surface area contributed by atoms with Gasteiger partial charge in [0.25, 0.3) is 0 Å². The lowest BCUT2D eigenvalue weighted by molar-refractivity contribution is 0.0600. The molecule has 0 unspecified atom stereocenters. The normalized spacial score (nSPS) is 12.0. The Labute approximate surface area is 121 Å². The van der Waals surface area contributed by atoms with Crippen LogP contribution in [-0.4, -0.2) is 24.9 Å². The molecule has 2 aromatic rings. The third-order valence-electron chi connectivity index (χ3n) is 2.98. The lowest BCUT2D eigenvalue weighted by Gasteiger charge is -2.07. The Kier molecular flexibility index (Phi) is 3.59. The van der Waals surface area contributed by atoms with E-state index in [1.165, 1.54) is 13.3 Å². The maximum absolute atomic E-state index is 11.3. The summed E-state index contributed by atoms with van der Waals surface area (Å²) in [6.07, 6.45) is 1.46.